The molecular weight excluding hydrogens is 281 g/mol. The second-order valence-corrected chi connectivity index (χ2v) is 4.00. The highest BCUT2D eigenvalue weighted by Gasteiger charge is 2.18. The summed E-state index contributed by atoms with van der Waals surface area (Å²) in [4.78, 5) is 14.3. The van der Waals surface area contributed by atoms with Gasteiger partial charge in [0.25, 0.3) is 11.9 Å². The number of hydrogen-bond acceptors (Lipinski definition) is 2. The van der Waals surface area contributed by atoms with Gasteiger partial charge in [-0.2, -0.15) is 13.8 Å². The summed E-state index contributed by atoms with van der Waals surface area (Å²) in [6, 6.07) is 6.55. The molecule has 1 aromatic carbocycles. The normalized spacial score (nSPS) is 10.3. The molecule has 0 radical (unpaired) electrons. The second-order valence-electron chi connectivity index (χ2n) is 3.56. The Balaban J connectivity index is 2.30. The Morgan fingerprint density at radius 3 is 2.63 bits per heavy atom. The van der Waals surface area contributed by atoms with Crippen LogP contribution in [0.5, 0.6) is 0 Å². The molecule has 19 heavy (non-hydrogen) atoms. The zero-order valence-electron chi connectivity index (χ0n) is 9.25. The summed E-state index contributed by atoms with van der Waals surface area (Å²) < 4.78 is 39.1. The highest BCUT2D eigenvalue weighted by Crippen LogP contribution is 2.17. The van der Waals surface area contributed by atoms with Crippen LogP contribution in [0.15, 0.2) is 30.3 Å². The minimum Gasteiger partial charge on any atom is -0.322 e. The monoisotopic (exact) mass is 286 g/mol. The number of benzene rings is 1. The quantitative estimate of drug-likeness (QED) is 0.860. The van der Waals surface area contributed by atoms with Crippen LogP contribution < -0.4 is 5.32 Å². The summed E-state index contributed by atoms with van der Waals surface area (Å²) in [6.07, 6.45) is 0. The molecule has 0 atom stereocenters. The van der Waals surface area contributed by atoms with Crippen molar-refractivity contribution in [1.82, 2.24) is 4.98 Å². The summed E-state index contributed by atoms with van der Waals surface area (Å²) >= 11 is 5.70. The number of hydrogen-bond donors (Lipinski definition) is 1. The van der Waals surface area contributed by atoms with Crippen molar-refractivity contribution in [3.8, 4) is 0 Å². The van der Waals surface area contributed by atoms with Crippen LogP contribution >= 0.6 is 11.6 Å². The van der Waals surface area contributed by atoms with E-state index in [1.165, 1.54) is 12.1 Å². The molecule has 7 heteroatoms. The van der Waals surface area contributed by atoms with Gasteiger partial charge < -0.3 is 5.32 Å². The molecule has 0 saturated heterocycles. The Bertz CT molecular complexity index is 649. The van der Waals surface area contributed by atoms with Crippen molar-refractivity contribution in [3.05, 3.63) is 58.6 Å². The predicted molar refractivity (Wildman–Crippen MR) is 63.5 cm³/mol. The average Bonchev–Trinajstić information content (AvgIpc) is 2.33. The molecule has 0 saturated carbocycles. The maximum absolute atomic E-state index is 13.3. The lowest BCUT2D eigenvalue weighted by molar-refractivity contribution is 0.102. The maximum atomic E-state index is 13.3. The SMILES string of the molecule is O=C(Nc1cccc(Cl)c1)c1cc(F)nc(F)c1F. The standard InChI is InChI=1S/C12H6ClF3N2O/c13-6-2-1-3-7(4-6)17-12(19)8-5-9(14)18-11(16)10(8)15/h1-5H,(H,17,19). The molecule has 0 aliphatic heterocycles. The molecule has 0 spiro atoms. The van der Waals surface area contributed by atoms with Gasteiger partial charge in [0.2, 0.25) is 5.95 Å². The zero-order chi connectivity index (χ0) is 14.0. The molecule has 1 N–H and O–H groups in total. The Labute approximate surface area is 111 Å². The fourth-order valence-corrected chi connectivity index (χ4v) is 1.59. The van der Waals surface area contributed by atoms with Crippen LogP contribution in [-0.4, -0.2) is 10.9 Å². The van der Waals surface area contributed by atoms with Crippen LogP contribution in [-0.2, 0) is 0 Å². The minimum absolute atomic E-state index is 0.273. The number of halogens is 4. The largest absolute Gasteiger partial charge is 0.322 e. The number of aromatic nitrogens is 1. The van der Waals surface area contributed by atoms with Crippen LogP contribution in [0.4, 0.5) is 18.9 Å². The van der Waals surface area contributed by atoms with Crippen molar-refractivity contribution >= 4 is 23.2 Å². The van der Waals surface area contributed by atoms with E-state index in [-0.39, 0.29) is 5.69 Å². The van der Waals surface area contributed by atoms with Crippen molar-refractivity contribution in [3.63, 3.8) is 0 Å². The number of carbonyl (C=O) groups is 1. The van der Waals surface area contributed by atoms with E-state index >= 15 is 0 Å². The van der Waals surface area contributed by atoms with Crippen molar-refractivity contribution < 1.29 is 18.0 Å². The first-order valence-corrected chi connectivity index (χ1v) is 5.43. The second kappa shape index (κ2) is 5.27. The van der Waals surface area contributed by atoms with E-state index in [4.69, 9.17) is 11.6 Å². The Morgan fingerprint density at radius 1 is 1.21 bits per heavy atom. The molecule has 2 aromatic rings. The number of carbonyl (C=O) groups excluding carboxylic acids is 1. The van der Waals surface area contributed by atoms with Gasteiger partial charge in [-0.05, 0) is 18.2 Å². The summed E-state index contributed by atoms with van der Waals surface area (Å²) in [5.41, 5.74) is -0.500. The van der Waals surface area contributed by atoms with E-state index in [2.05, 4.69) is 10.3 Å². The van der Waals surface area contributed by atoms with Crippen LogP contribution in [0.1, 0.15) is 10.4 Å². The van der Waals surface area contributed by atoms with Crippen LogP contribution in [0.2, 0.25) is 5.02 Å². The summed E-state index contributed by atoms with van der Waals surface area (Å²) in [6.45, 7) is 0. The van der Waals surface area contributed by atoms with Gasteiger partial charge in [-0.25, -0.2) is 4.39 Å². The third-order valence-corrected chi connectivity index (χ3v) is 2.45. The van der Waals surface area contributed by atoms with Gasteiger partial charge in [0.15, 0.2) is 5.82 Å². The number of pyridine rings is 1. The van der Waals surface area contributed by atoms with Crippen LogP contribution in [0, 0.1) is 17.7 Å². The number of nitrogens with zero attached hydrogens (tertiary/aromatic N) is 1. The molecule has 2 rings (SSSR count). The van der Waals surface area contributed by atoms with E-state index < -0.39 is 29.2 Å². The first-order valence-electron chi connectivity index (χ1n) is 5.06. The van der Waals surface area contributed by atoms with E-state index in [0.717, 1.165) is 0 Å². The van der Waals surface area contributed by atoms with E-state index in [0.29, 0.717) is 11.1 Å². The molecule has 0 fully saturated rings. The lowest BCUT2D eigenvalue weighted by Gasteiger charge is -2.06. The van der Waals surface area contributed by atoms with Gasteiger partial charge >= 0.3 is 0 Å². The summed E-state index contributed by atoms with van der Waals surface area (Å²) in [7, 11) is 0. The molecule has 3 nitrogen and oxygen atoms in total. The van der Waals surface area contributed by atoms with Gasteiger partial charge in [-0.1, -0.05) is 17.7 Å². The molecule has 1 aromatic heterocycles. The Hall–Kier alpha value is -2.08. The summed E-state index contributed by atoms with van der Waals surface area (Å²) in [5.74, 6) is -5.47. The molecule has 1 amide bonds. The third kappa shape index (κ3) is 3.03. The Morgan fingerprint density at radius 2 is 1.95 bits per heavy atom. The van der Waals surface area contributed by atoms with Crippen LogP contribution in [0.3, 0.4) is 0 Å². The van der Waals surface area contributed by atoms with Crippen molar-refractivity contribution in [2.75, 3.05) is 5.32 Å². The molecule has 98 valence electrons. The Kier molecular flexibility index (Phi) is 3.71. The topological polar surface area (TPSA) is 42.0 Å². The number of anilines is 1. The first-order chi connectivity index (χ1) is 8.97. The van der Waals surface area contributed by atoms with Gasteiger partial charge in [-0.15, -0.1) is 0 Å². The molecule has 0 bridgehead atoms. The zero-order valence-corrected chi connectivity index (χ0v) is 10.0. The molecule has 0 unspecified atom stereocenters. The molecular formula is C12H6ClF3N2O. The van der Waals surface area contributed by atoms with E-state index in [1.54, 1.807) is 12.1 Å². The molecule has 1 heterocycles. The minimum atomic E-state index is -1.67. The number of amides is 1. The van der Waals surface area contributed by atoms with Crippen LogP contribution in [0.25, 0.3) is 0 Å². The predicted octanol–water partition coefficient (Wildman–Crippen LogP) is 3.40. The smallest absolute Gasteiger partial charge is 0.258 e. The highest BCUT2D eigenvalue weighted by molar-refractivity contribution is 6.30. The fraction of sp³-hybridized carbons (Fsp3) is 0. The van der Waals surface area contributed by atoms with Gasteiger partial charge in [0.05, 0.1) is 5.56 Å². The third-order valence-electron chi connectivity index (χ3n) is 2.21. The average molecular weight is 287 g/mol. The van der Waals surface area contributed by atoms with Crippen molar-refractivity contribution in [2.45, 2.75) is 0 Å². The number of rotatable bonds is 2. The molecule has 0 aliphatic carbocycles. The lowest BCUT2D eigenvalue weighted by Crippen LogP contribution is -2.16. The first kappa shape index (κ1) is 13.4. The highest BCUT2D eigenvalue weighted by atomic mass is 35.5. The number of nitrogens with one attached hydrogen (secondary N) is 1. The van der Waals surface area contributed by atoms with Gasteiger partial charge in [0, 0.05) is 16.8 Å². The van der Waals surface area contributed by atoms with E-state index in [9.17, 15) is 18.0 Å². The molecule has 0 aliphatic rings. The maximum Gasteiger partial charge on any atom is 0.258 e. The summed E-state index contributed by atoms with van der Waals surface area (Å²) in [5, 5.41) is 2.62. The van der Waals surface area contributed by atoms with Gasteiger partial charge in [-0.3, -0.25) is 4.79 Å². The van der Waals surface area contributed by atoms with Crippen molar-refractivity contribution in [2.24, 2.45) is 0 Å². The lowest BCUT2D eigenvalue weighted by atomic mass is 10.2. The van der Waals surface area contributed by atoms with E-state index in [1.807, 2.05) is 0 Å². The fourth-order valence-electron chi connectivity index (χ4n) is 1.40. The van der Waals surface area contributed by atoms with Gasteiger partial charge in [0.1, 0.15) is 0 Å². The van der Waals surface area contributed by atoms with Crippen molar-refractivity contribution in [1.29, 1.82) is 0 Å².